The predicted octanol–water partition coefficient (Wildman–Crippen LogP) is 1.43. The molecule has 0 spiro atoms. The van der Waals surface area contributed by atoms with Crippen LogP contribution in [0.3, 0.4) is 0 Å². The van der Waals surface area contributed by atoms with Gasteiger partial charge >= 0.3 is 0 Å². The number of hydrogen-bond acceptors (Lipinski definition) is 6. The van der Waals surface area contributed by atoms with E-state index in [9.17, 15) is 0 Å². The van der Waals surface area contributed by atoms with E-state index < -0.39 is 0 Å². The Morgan fingerprint density at radius 2 is 2.36 bits per heavy atom. The highest BCUT2D eigenvalue weighted by molar-refractivity contribution is 8.42. The molecule has 1 rings (SSSR count). The van der Waals surface area contributed by atoms with Crippen molar-refractivity contribution in [3.05, 3.63) is 0 Å². The van der Waals surface area contributed by atoms with Crippen LogP contribution in [0.5, 0.6) is 0 Å². The molecule has 0 aromatic rings. The zero-order valence-electron chi connectivity index (χ0n) is 5.89. The van der Waals surface area contributed by atoms with E-state index in [-0.39, 0.29) is 4.75 Å². The first-order valence-corrected chi connectivity index (χ1v) is 4.73. The van der Waals surface area contributed by atoms with Crippen molar-refractivity contribution in [3.8, 4) is 0 Å². The number of oxime groups is 2. The van der Waals surface area contributed by atoms with Gasteiger partial charge in [-0.15, -0.1) is 5.16 Å². The van der Waals surface area contributed by atoms with Crippen molar-refractivity contribution in [3.63, 3.8) is 0 Å². The highest BCUT2D eigenvalue weighted by atomic mass is 32.2. The molecule has 0 aliphatic carbocycles. The molecule has 1 unspecified atom stereocenters. The van der Waals surface area contributed by atoms with Gasteiger partial charge < -0.3 is 10.4 Å². The monoisotopic (exact) mass is 192 g/mol. The summed E-state index contributed by atoms with van der Waals surface area (Å²) in [5, 5.41) is 22.7. The predicted molar refractivity (Wildman–Crippen MR) is 48.0 cm³/mol. The molecule has 0 radical (unpaired) electrons. The fourth-order valence-corrected chi connectivity index (χ4v) is 3.18. The lowest BCUT2D eigenvalue weighted by molar-refractivity contribution is 0.319. The summed E-state index contributed by atoms with van der Waals surface area (Å²) in [6, 6.07) is 0. The minimum atomic E-state index is -0.235. The Labute approximate surface area is 72.7 Å². The van der Waals surface area contributed by atoms with E-state index in [2.05, 4.69) is 10.3 Å². The molecule has 2 N–H and O–H groups in total. The molecule has 6 heteroatoms. The van der Waals surface area contributed by atoms with Crippen LogP contribution in [0.15, 0.2) is 10.3 Å². The summed E-state index contributed by atoms with van der Waals surface area (Å²) in [5.41, 5.74) is 0. The molecule has 11 heavy (non-hydrogen) atoms. The summed E-state index contributed by atoms with van der Waals surface area (Å²) in [7, 11) is 0. The van der Waals surface area contributed by atoms with Gasteiger partial charge in [0.2, 0.25) is 0 Å². The Morgan fingerprint density at radius 3 is 2.82 bits per heavy atom. The molecule has 0 amide bonds. The van der Waals surface area contributed by atoms with Gasteiger partial charge in [-0.2, -0.15) is 0 Å². The molecule has 1 heterocycles. The Morgan fingerprint density at radius 1 is 1.64 bits per heavy atom. The van der Waals surface area contributed by atoms with Crippen molar-refractivity contribution in [2.24, 2.45) is 10.3 Å². The van der Waals surface area contributed by atoms with Crippen molar-refractivity contribution in [1.29, 1.82) is 0 Å². The SMILES string of the molecule is CC1(/C=N/O)CS/C(=N\O)S1. The van der Waals surface area contributed by atoms with Crippen molar-refractivity contribution in [2.75, 3.05) is 5.75 Å². The highest BCUT2D eigenvalue weighted by Gasteiger charge is 2.33. The zero-order valence-corrected chi connectivity index (χ0v) is 7.52. The van der Waals surface area contributed by atoms with Crippen LogP contribution < -0.4 is 0 Å². The van der Waals surface area contributed by atoms with E-state index in [1.54, 1.807) is 0 Å². The molecule has 62 valence electrons. The van der Waals surface area contributed by atoms with E-state index in [1.165, 1.54) is 29.7 Å². The van der Waals surface area contributed by atoms with Gasteiger partial charge in [-0.3, -0.25) is 0 Å². The van der Waals surface area contributed by atoms with Crippen LogP contribution in [0.2, 0.25) is 0 Å². The molecule has 1 aliphatic rings. The molecule has 0 aromatic carbocycles. The molecule has 0 bridgehead atoms. The van der Waals surface area contributed by atoms with Gasteiger partial charge in [0.1, 0.15) is 0 Å². The maximum absolute atomic E-state index is 8.41. The summed E-state index contributed by atoms with van der Waals surface area (Å²) in [5.74, 6) is 0.765. The summed E-state index contributed by atoms with van der Waals surface area (Å²) in [6.07, 6.45) is 1.45. The lowest BCUT2D eigenvalue weighted by Crippen LogP contribution is -2.21. The molecule has 1 atom stereocenters. The summed E-state index contributed by atoms with van der Waals surface area (Å²) in [4.78, 5) is 0. The third kappa shape index (κ3) is 2.03. The summed E-state index contributed by atoms with van der Waals surface area (Å²) >= 11 is 2.84. The van der Waals surface area contributed by atoms with E-state index in [4.69, 9.17) is 10.4 Å². The van der Waals surface area contributed by atoms with Crippen molar-refractivity contribution in [2.45, 2.75) is 11.7 Å². The molecule has 0 aromatic heterocycles. The van der Waals surface area contributed by atoms with Crippen LogP contribution in [0.1, 0.15) is 6.92 Å². The largest absolute Gasteiger partial charge is 0.411 e. The summed E-state index contributed by atoms with van der Waals surface area (Å²) < 4.78 is 0.383. The molecule has 1 saturated heterocycles. The van der Waals surface area contributed by atoms with Crippen molar-refractivity contribution in [1.82, 2.24) is 0 Å². The fourth-order valence-electron chi connectivity index (χ4n) is 0.698. The molecular weight excluding hydrogens is 184 g/mol. The minimum absolute atomic E-state index is 0.235. The van der Waals surface area contributed by atoms with E-state index in [1.807, 2.05) is 6.92 Å². The molecule has 4 nitrogen and oxygen atoms in total. The Kier molecular flexibility index (Phi) is 2.67. The van der Waals surface area contributed by atoms with Gasteiger partial charge in [-0.25, -0.2) is 0 Å². The van der Waals surface area contributed by atoms with Gasteiger partial charge in [0, 0.05) is 5.75 Å². The first-order chi connectivity index (χ1) is 5.20. The van der Waals surface area contributed by atoms with Crippen LogP contribution in [0.25, 0.3) is 0 Å². The highest BCUT2D eigenvalue weighted by Crippen LogP contribution is 2.40. The lowest BCUT2D eigenvalue weighted by Gasteiger charge is -2.11. The maximum atomic E-state index is 8.41. The van der Waals surface area contributed by atoms with Crippen LogP contribution >= 0.6 is 23.5 Å². The average Bonchev–Trinajstić information content (AvgIpc) is 2.33. The number of thioether (sulfide) groups is 2. The molecular formula is C5H8N2O2S2. The minimum Gasteiger partial charge on any atom is -0.411 e. The van der Waals surface area contributed by atoms with E-state index >= 15 is 0 Å². The van der Waals surface area contributed by atoms with Gasteiger partial charge in [-0.05, 0) is 6.92 Å². The number of nitrogens with zero attached hydrogens (tertiary/aromatic N) is 2. The average molecular weight is 192 g/mol. The third-order valence-corrected chi connectivity index (χ3v) is 4.05. The second kappa shape index (κ2) is 3.36. The van der Waals surface area contributed by atoms with Crippen LogP contribution in [-0.4, -0.2) is 31.5 Å². The van der Waals surface area contributed by atoms with Gasteiger partial charge in [0.15, 0.2) is 4.38 Å². The quantitative estimate of drug-likeness (QED) is 0.375. The Balaban J connectivity index is 2.65. The third-order valence-electron chi connectivity index (χ3n) is 1.22. The van der Waals surface area contributed by atoms with Gasteiger partial charge in [-0.1, -0.05) is 28.7 Å². The van der Waals surface area contributed by atoms with Crippen LogP contribution in [0.4, 0.5) is 0 Å². The number of rotatable bonds is 1. The topological polar surface area (TPSA) is 65.2 Å². The smallest absolute Gasteiger partial charge is 0.170 e. The van der Waals surface area contributed by atoms with Gasteiger partial charge in [0.05, 0.1) is 11.0 Å². The molecule has 1 aliphatic heterocycles. The fraction of sp³-hybridized carbons (Fsp3) is 0.600. The maximum Gasteiger partial charge on any atom is 0.170 e. The molecule has 0 saturated carbocycles. The normalized spacial score (nSPS) is 35.5. The lowest BCUT2D eigenvalue weighted by atomic mass is 10.2. The zero-order chi connectivity index (χ0) is 8.32. The Hall–Kier alpha value is -0.360. The van der Waals surface area contributed by atoms with Crippen LogP contribution in [0, 0.1) is 0 Å². The van der Waals surface area contributed by atoms with Gasteiger partial charge in [0.25, 0.3) is 0 Å². The number of hydrogen-bond donors (Lipinski definition) is 2. The Bertz CT molecular complexity index is 207. The molecule has 1 fully saturated rings. The van der Waals surface area contributed by atoms with E-state index in [0.717, 1.165) is 5.75 Å². The van der Waals surface area contributed by atoms with Crippen molar-refractivity contribution >= 4 is 34.1 Å². The second-order valence-corrected chi connectivity index (χ2v) is 5.06. The summed E-state index contributed by atoms with van der Waals surface area (Å²) in [6.45, 7) is 1.92. The van der Waals surface area contributed by atoms with E-state index in [0.29, 0.717) is 4.38 Å². The van der Waals surface area contributed by atoms with Crippen molar-refractivity contribution < 1.29 is 10.4 Å². The first kappa shape index (κ1) is 8.73. The first-order valence-electron chi connectivity index (χ1n) is 2.93. The van der Waals surface area contributed by atoms with Crippen LogP contribution in [-0.2, 0) is 0 Å². The standard InChI is InChI=1S/C5H8N2O2S2/c1-5(2-6-8)3-10-4(7-9)11-5/h2,8-9H,3H2,1H3/b6-2+,7-4+. The second-order valence-electron chi connectivity index (χ2n) is 2.31.